The molecule has 0 spiro atoms. The highest BCUT2D eigenvalue weighted by Gasteiger charge is 2.35. The van der Waals surface area contributed by atoms with Crippen LogP contribution < -0.4 is 9.64 Å². The van der Waals surface area contributed by atoms with Gasteiger partial charge in [-0.25, -0.2) is 4.98 Å². The highest BCUT2D eigenvalue weighted by Crippen LogP contribution is 2.33. The summed E-state index contributed by atoms with van der Waals surface area (Å²) in [5.41, 5.74) is 0. The Bertz CT molecular complexity index is 907. The Labute approximate surface area is 196 Å². The number of hydrogen-bond donors (Lipinski definition) is 0. The second-order valence-corrected chi connectivity index (χ2v) is 9.72. The summed E-state index contributed by atoms with van der Waals surface area (Å²) in [4.78, 5) is 18.5. The fraction of sp³-hybridized carbons (Fsp3) is 0.609. The average Bonchev–Trinajstić information content (AvgIpc) is 3.22. The van der Waals surface area contributed by atoms with Crippen LogP contribution in [0.25, 0.3) is 0 Å². The molecule has 32 heavy (non-hydrogen) atoms. The van der Waals surface area contributed by atoms with Gasteiger partial charge >= 0.3 is 5.97 Å². The lowest BCUT2D eigenvalue weighted by Crippen LogP contribution is -2.44. The second kappa shape index (κ2) is 10.2. The van der Waals surface area contributed by atoms with Gasteiger partial charge in [0.1, 0.15) is 12.0 Å². The predicted octanol–water partition coefficient (Wildman–Crippen LogP) is 4.34. The van der Waals surface area contributed by atoms with Crippen LogP contribution in [0.1, 0.15) is 51.2 Å². The molecule has 0 bridgehead atoms. The molecule has 1 aliphatic carbocycles. The molecule has 1 unspecified atom stereocenters. The van der Waals surface area contributed by atoms with Crippen LogP contribution in [0.3, 0.4) is 0 Å². The zero-order valence-electron chi connectivity index (χ0n) is 18.7. The maximum atomic E-state index is 12.1. The molecule has 174 valence electrons. The van der Waals surface area contributed by atoms with Gasteiger partial charge in [0.05, 0.1) is 19.3 Å². The molecule has 0 aromatic carbocycles. The lowest BCUT2D eigenvalue weighted by Gasteiger charge is -2.39. The van der Waals surface area contributed by atoms with Crippen LogP contribution in [0.15, 0.2) is 33.4 Å². The summed E-state index contributed by atoms with van der Waals surface area (Å²) >= 11 is 3.44. The van der Waals surface area contributed by atoms with E-state index in [2.05, 4.69) is 31.0 Å². The van der Waals surface area contributed by atoms with Gasteiger partial charge in [0, 0.05) is 48.7 Å². The molecule has 0 N–H and O–H groups in total. The molecular weight excluding hydrogens is 478 g/mol. The predicted molar refractivity (Wildman–Crippen MR) is 122 cm³/mol. The average molecular weight is 508 g/mol. The number of aromatic nitrogens is 2. The third-order valence-electron chi connectivity index (χ3n) is 6.13. The third-order valence-corrected chi connectivity index (χ3v) is 6.62. The summed E-state index contributed by atoms with van der Waals surface area (Å²) in [5, 5.41) is 4.21. The van der Waals surface area contributed by atoms with Crippen molar-refractivity contribution < 1.29 is 23.5 Å². The first-order valence-corrected chi connectivity index (χ1v) is 11.9. The lowest BCUT2D eigenvalue weighted by molar-refractivity contribution is -0.144. The Hall–Kier alpha value is -2.13. The van der Waals surface area contributed by atoms with Crippen LogP contribution >= 0.6 is 15.9 Å². The van der Waals surface area contributed by atoms with Crippen molar-refractivity contribution >= 4 is 27.7 Å². The van der Waals surface area contributed by atoms with E-state index in [9.17, 15) is 4.79 Å². The molecule has 1 saturated heterocycles. The van der Waals surface area contributed by atoms with Gasteiger partial charge in [0.2, 0.25) is 5.88 Å². The number of carbonyl (C=O) groups excluding carboxylic acids is 1. The van der Waals surface area contributed by atoms with E-state index >= 15 is 0 Å². The number of ether oxygens (including phenoxy) is 3. The van der Waals surface area contributed by atoms with Crippen LogP contribution in [0, 0.1) is 5.92 Å². The zero-order valence-corrected chi connectivity index (χ0v) is 20.3. The maximum absolute atomic E-state index is 12.1. The van der Waals surface area contributed by atoms with Crippen molar-refractivity contribution in [2.24, 2.45) is 5.92 Å². The topological polar surface area (TPSA) is 86.9 Å². The normalized spacial score (nSPS) is 22.5. The molecule has 8 nitrogen and oxygen atoms in total. The standard InChI is InChI=1S/C23H30BrN3O5/c1-14(2)22(23(28)29-3)19-13-20(26-32-19)27-8-5-16(6-9-27)30-17-11-18(12-17)31-21-10-15(24)4-7-25-21/h4,7,10,13-14,16-18,22H,5-6,8-9,11-12H2,1-3H3. The quantitative estimate of drug-likeness (QED) is 0.487. The molecule has 1 saturated carbocycles. The van der Waals surface area contributed by atoms with Crippen LogP contribution in [0.5, 0.6) is 5.88 Å². The van der Waals surface area contributed by atoms with Gasteiger partial charge in [-0.05, 0) is 24.8 Å². The van der Waals surface area contributed by atoms with Crippen LogP contribution in [0.4, 0.5) is 5.82 Å². The summed E-state index contributed by atoms with van der Waals surface area (Å²) in [6.07, 6.45) is 6.04. The highest BCUT2D eigenvalue weighted by molar-refractivity contribution is 9.10. The lowest BCUT2D eigenvalue weighted by atomic mass is 9.91. The smallest absolute Gasteiger partial charge is 0.316 e. The van der Waals surface area contributed by atoms with Crippen molar-refractivity contribution in [3.63, 3.8) is 0 Å². The maximum Gasteiger partial charge on any atom is 0.316 e. The summed E-state index contributed by atoms with van der Waals surface area (Å²) in [6, 6.07) is 5.63. The Morgan fingerprint density at radius 1 is 1.19 bits per heavy atom. The number of carbonyl (C=O) groups is 1. The zero-order chi connectivity index (χ0) is 22.7. The molecular formula is C23H30BrN3O5. The minimum Gasteiger partial charge on any atom is -0.474 e. The molecule has 9 heteroatoms. The van der Waals surface area contributed by atoms with E-state index in [-0.39, 0.29) is 30.2 Å². The van der Waals surface area contributed by atoms with Crippen molar-refractivity contribution in [2.45, 2.75) is 63.8 Å². The summed E-state index contributed by atoms with van der Waals surface area (Å²) < 4.78 is 23.6. The van der Waals surface area contributed by atoms with E-state index in [4.69, 9.17) is 18.7 Å². The van der Waals surface area contributed by atoms with Crippen molar-refractivity contribution in [2.75, 3.05) is 25.1 Å². The Morgan fingerprint density at radius 2 is 1.94 bits per heavy atom. The Kier molecular flexibility index (Phi) is 7.35. The van der Waals surface area contributed by atoms with Crippen molar-refractivity contribution in [3.05, 3.63) is 34.6 Å². The molecule has 0 radical (unpaired) electrons. The van der Waals surface area contributed by atoms with Crippen LogP contribution in [-0.2, 0) is 14.3 Å². The number of hydrogen-bond acceptors (Lipinski definition) is 8. The number of nitrogens with zero attached hydrogens (tertiary/aromatic N) is 3. The van der Waals surface area contributed by atoms with Gasteiger partial charge in [0.15, 0.2) is 11.6 Å². The van der Waals surface area contributed by atoms with Gasteiger partial charge < -0.3 is 23.6 Å². The first-order valence-electron chi connectivity index (χ1n) is 11.2. The Balaban J connectivity index is 1.21. The van der Waals surface area contributed by atoms with Gasteiger partial charge in [-0.1, -0.05) is 34.9 Å². The number of halogens is 1. The molecule has 1 aliphatic heterocycles. The molecule has 1 atom stereocenters. The van der Waals surface area contributed by atoms with Crippen molar-refractivity contribution in [3.8, 4) is 5.88 Å². The van der Waals surface area contributed by atoms with Gasteiger partial charge in [-0.3, -0.25) is 4.79 Å². The largest absolute Gasteiger partial charge is 0.474 e. The Morgan fingerprint density at radius 3 is 2.59 bits per heavy atom. The van der Waals surface area contributed by atoms with Crippen molar-refractivity contribution in [1.29, 1.82) is 0 Å². The van der Waals surface area contributed by atoms with Gasteiger partial charge in [-0.2, -0.15) is 0 Å². The van der Waals surface area contributed by atoms with Crippen molar-refractivity contribution in [1.82, 2.24) is 10.1 Å². The first kappa shape index (κ1) is 23.0. The molecule has 2 fully saturated rings. The molecule has 3 heterocycles. The molecule has 4 rings (SSSR count). The van der Waals surface area contributed by atoms with E-state index in [1.54, 1.807) is 6.20 Å². The first-order chi connectivity index (χ1) is 15.4. The summed E-state index contributed by atoms with van der Waals surface area (Å²) in [7, 11) is 1.40. The third kappa shape index (κ3) is 5.43. The van der Waals surface area contributed by atoms with Gasteiger partial charge in [-0.15, -0.1) is 0 Å². The van der Waals surface area contributed by atoms with E-state index in [0.29, 0.717) is 11.6 Å². The minimum absolute atomic E-state index is 0.0665. The van der Waals surface area contributed by atoms with Crippen LogP contribution in [0.2, 0.25) is 0 Å². The number of pyridine rings is 1. The molecule has 2 aliphatic rings. The monoisotopic (exact) mass is 507 g/mol. The number of anilines is 1. The SMILES string of the molecule is COC(=O)C(c1cc(N2CCC(OC3CC(Oc4cc(Br)ccn4)C3)CC2)no1)C(C)C. The number of methoxy groups -OCH3 is 1. The number of piperidine rings is 1. The summed E-state index contributed by atoms with van der Waals surface area (Å²) in [6.45, 7) is 5.63. The minimum atomic E-state index is -0.442. The van der Waals surface area contributed by atoms with E-state index in [1.165, 1.54) is 7.11 Å². The van der Waals surface area contributed by atoms with Gasteiger partial charge in [0.25, 0.3) is 0 Å². The second-order valence-electron chi connectivity index (χ2n) is 8.80. The molecule has 0 amide bonds. The van der Waals surface area contributed by atoms with E-state index < -0.39 is 5.92 Å². The molecule has 2 aromatic rings. The summed E-state index contributed by atoms with van der Waals surface area (Å²) in [5.74, 6) is 1.30. The number of esters is 1. The fourth-order valence-electron chi connectivity index (χ4n) is 4.26. The number of rotatable bonds is 8. The highest BCUT2D eigenvalue weighted by atomic mass is 79.9. The van der Waals surface area contributed by atoms with Crippen LogP contribution in [-0.4, -0.2) is 54.6 Å². The molecule has 2 aromatic heterocycles. The fourth-order valence-corrected chi connectivity index (χ4v) is 4.57. The van der Waals surface area contributed by atoms with E-state index in [1.807, 2.05) is 32.0 Å². The van der Waals surface area contributed by atoms with E-state index in [0.717, 1.165) is 49.1 Å².